The summed E-state index contributed by atoms with van der Waals surface area (Å²) < 4.78 is 36.0. The molecule has 10 nitrogen and oxygen atoms in total. The van der Waals surface area contributed by atoms with Crippen molar-refractivity contribution in [3.8, 4) is 5.75 Å². The Labute approximate surface area is 173 Å². The number of unbranched alkanes of at least 4 members (excludes halogenated alkanes) is 1. The molecule has 0 saturated carbocycles. The minimum absolute atomic E-state index is 0.0583. The Balaban J connectivity index is 1.61. The molecule has 0 spiro atoms. The molecular formula is C19H24N3O7P. The number of carbonyl (C=O) groups excluding carboxylic acids is 1. The molecule has 2 N–H and O–H groups in total. The molecule has 1 aliphatic heterocycles. The van der Waals surface area contributed by atoms with E-state index in [1.807, 2.05) is 6.92 Å². The van der Waals surface area contributed by atoms with E-state index in [4.69, 9.17) is 24.3 Å². The maximum atomic E-state index is 12.9. The smallest absolute Gasteiger partial charge is 0.404 e. The lowest BCUT2D eigenvalue weighted by Crippen LogP contribution is -2.35. The second-order valence-corrected chi connectivity index (χ2v) is 8.61. The minimum Gasteiger partial charge on any atom is -0.462 e. The van der Waals surface area contributed by atoms with E-state index in [1.165, 1.54) is 29.0 Å². The number of carbonyl (C=O) groups is 1. The maximum Gasteiger partial charge on any atom is 0.404 e. The topological polar surface area (TPSA) is 132 Å². The van der Waals surface area contributed by atoms with Gasteiger partial charge in [0, 0.05) is 6.20 Å². The van der Waals surface area contributed by atoms with Crippen LogP contribution in [0, 0.1) is 0 Å². The predicted molar refractivity (Wildman–Crippen MR) is 108 cm³/mol. The van der Waals surface area contributed by atoms with Gasteiger partial charge >= 0.3 is 19.3 Å². The zero-order valence-electron chi connectivity index (χ0n) is 16.6. The number of nitrogen functional groups attached to an aromatic ring is 1. The van der Waals surface area contributed by atoms with Gasteiger partial charge in [-0.3, -0.25) is 9.09 Å². The van der Waals surface area contributed by atoms with Crippen molar-refractivity contribution in [3.05, 3.63) is 52.6 Å². The van der Waals surface area contributed by atoms with Crippen molar-refractivity contribution < 1.29 is 27.9 Å². The summed E-state index contributed by atoms with van der Waals surface area (Å²) in [7, 11) is -3.65. The van der Waals surface area contributed by atoms with E-state index in [1.54, 1.807) is 12.1 Å². The van der Waals surface area contributed by atoms with Crippen molar-refractivity contribution in [2.75, 3.05) is 25.3 Å². The number of anilines is 1. The van der Waals surface area contributed by atoms with Gasteiger partial charge in [-0.25, -0.2) is 14.2 Å². The van der Waals surface area contributed by atoms with Crippen molar-refractivity contribution >= 4 is 19.4 Å². The summed E-state index contributed by atoms with van der Waals surface area (Å²) in [6.45, 7) is 2.38. The molecular weight excluding hydrogens is 413 g/mol. The van der Waals surface area contributed by atoms with Crippen molar-refractivity contribution in [1.82, 2.24) is 9.55 Å². The third-order valence-electron chi connectivity index (χ3n) is 4.30. The van der Waals surface area contributed by atoms with Crippen LogP contribution in [0.3, 0.4) is 0 Å². The van der Waals surface area contributed by atoms with E-state index >= 15 is 0 Å². The number of hydrogen-bond donors (Lipinski definition) is 1. The molecule has 162 valence electrons. The highest BCUT2D eigenvalue weighted by atomic mass is 31.2. The summed E-state index contributed by atoms with van der Waals surface area (Å²) in [5.74, 6) is -0.332. The van der Waals surface area contributed by atoms with Crippen LogP contribution in [-0.4, -0.2) is 41.2 Å². The lowest BCUT2D eigenvalue weighted by atomic mass is 10.2. The van der Waals surface area contributed by atoms with Gasteiger partial charge in [0.15, 0.2) is 6.35 Å². The maximum absolute atomic E-state index is 12.9. The number of nitrogens with zero attached hydrogens (tertiary/aromatic N) is 2. The molecule has 30 heavy (non-hydrogen) atoms. The van der Waals surface area contributed by atoms with Crippen LogP contribution in [0.4, 0.5) is 5.82 Å². The number of benzene rings is 1. The molecule has 3 rings (SSSR count). The lowest BCUT2D eigenvalue weighted by molar-refractivity contribution is -0.00714. The number of aromatic nitrogens is 2. The van der Waals surface area contributed by atoms with Gasteiger partial charge in [-0.1, -0.05) is 25.5 Å². The molecule has 1 saturated heterocycles. The van der Waals surface area contributed by atoms with Crippen LogP contribution >= 0.6 is 7.60 Å². The molecule has 1 unspecified atom stereocenters. The number of hydrogen-bond acceptors (Lipinski definition) is 9. The summed E-state index contributed by atoms with van der Waals surface area (Å²) in [6.07, 6.45) is 2.30. The molecule has 1 aromatic carbocycles. The Morgan fingerprint density at radius 1 is 1.37 bits per heavy atom. The van der Waals surface area contributed by atoms with Crippen LogP contribution in [0.5, 0.6) is 5.75 Å². The largest absolute Gasteiger partial charge is 0.462 e. The minimum atomic E-state index is -3.65. The van der Waals surface area contributed by atoms with E-state index < -0.39 is 25.4 Å². The molecule has 1 fully saturated rings. The van der Waals surface area contributed by atoms with Gasteiger partial charge in [-0.15, -0.1) is 0 Å². The zero-order chi connectivity index (χ0) is 21.6. The van der Waals surface area contributed by atoms with Gasteiger partial charge < -0.3 is 19.7 Å². The van der Waals surface area contributed by atoms with Crippen LogP contribution in [-0.2, 0) is 25.1 Å². The first-order chi connectivity index (χ1) is 14.4. The van der Waals surface area contributed by atoms with Gasteiger partial charge in [-0.2, -0.15) is 4.98 Å². The SMILES string of the molecule is CCCCOC(=O)c1ccccc1OP1(=O)CO[C@@H](Cn2ccc(N)nc2=O)CO1. The predicted octanol–water partition coefficient (Wildman–Crippen LogP) is 2.43. The van der Waals surface area contributed by atoms with E-state index in [2.05, 4.69) is 4.98 Å². The Morgan fingerprint density at radius 3 is 2.87 bits per heavy atom. The first-order valence-corrected chi connectivity index (χ1v) is 11.3. The van der Waals surface area contributed by atoms with Gasteiger partial charge in [0.2, 0.25) is 0 Å². The van der Waals surface area contributed by atoms with Crippen LogP contribution in [0.1, 0.15) is 30.1 Å². The van der Waals surface area contributed by atoms with Crippen LogP contribution in [0.15, 0.2) is 41.3 Å². The fourth-order valence-corrected chi connectivity index (χ4v) is 4.11. The molecule has 2 aromatic rings. The highest BCUT2D eigenvalue weighted by Gasteiger charge is 2.36. The lowest BCUT2D eigenvalue weighted by Gasteiger charge is -2.29. The van der Waals surface area contributed by atoms with E-state index in [0.717, 1.165) is 12.8 Å². The highest BCUT2D eigenvalue weighted by molar-refractivity contribution is 7.54. The second kappa shape index (κ2) is 9.88. The first kappa shape index (κ1) is 22.0. The van der Waals surface area contributed by atoms with Crippen molar-refractivity contribution in [1.29, 1.82) is 0 Å². The summed E-state index contributed by atoms with van der Waals surface area (Å²) in [5.41, 5.74) is 5.12. The van der Waals surface area contributed by atoms with Gasteiger partial charge in [0.1, 0.15) is 23.2 Å². The molecule has 2 heterocycles. The van der Waals surface area contributed by atoms with Crippen molar-refractivity contribution in [2.24, 2.45) is 0 Å². The van der Waals surface area contributed by atoms with Crippen LogP contribution in [0.25, 0.3) is 0 Å². The Hall–Kier alpha value is -2.68. The van der Waals surface area contributed by atoms with E-state index in [9.17, 15) is 14.2 Å². The Bertz CT molecular complexity index is 982. The van der Waals surface area contributed by atoms with Crippen LogP contribution < -0.4 is 15.9 Å². The third-order valence-corrected chi connectivity index (χ3v) is 5.78. The normalized spacial score (nSPS) is 21.2. The number of para-hydroxylation sites is 1. The number of ether oxygens (including phenoxy) is 2. The zero-order valence-corrected chi connectivity index (χ0v) is 17.5. The number of nitrogens with two attached hydrogens (primary N) is 1. The van der Waals surface area contributed by atoms with Gasteiger partial charge in [0.25, 0.3) is 0 Å². The average Bonchev–Trinajstić information content (AvgIpc) is 2.72. The monoisotopic (exact) mass is 437 g/mol. The van der Waals surface area contributed by atoms with Crippen molar-refractivity contribution in [3.63, 3.8) is 0 Å². The molecule has 1 aromatic heterocycles. The summed E-state index contributed by atoms with van der Waals surface area (Å²) in [4.78, 5) is 27.8. The van der Waals surface area contributed by atoms with Crippen LogP contribution in [0.2, 0.25) is 0 Å². The molecule has 1 aliphatic rings. The average molecular weight is 437 g/mol. The quantitative estimate of drug-likeness (QED) is 0.376. The van der Waals surface area contributed by atoms with E-state index in [0.29, 0.717) is 6.61 Å². The van der Waals surface area contributed by atoms with Gasteiger partial charge in [-0.05, 0) is 24.6 Å². The summed E-state index contributed by atoms with van der Waals surface area (Å²) >= 11 is 0. The number of esters is 1. The molecule has 2 atom stereocenters. The Morgan fingerprint density at radius 2 is 2.17 bits per heavy atom. The van der Waals surface area contributed by atoms with E-state index in [-0.39, 0.29) is 36.6 Å². The molecule has 11 heteroatoms. The molecule has 0 radical (unpaired) electrons. The van der Waals surface area contributed by atoms with Crippen molar-refractivity contribution in [2.45, 2.75) is 32.4 Å². The standard InChI is InChI=1S/C19H24N3O7P/c1-2-3-10-26-18(23)15-6-4-5-7-16(15)29-30(25)13-27-14(12-28-30)11-22-9-8-17(20)21-19(22)24/h4-9,14H,2-3,10-13H2,1H3,(H2,20,21,24)/t14-,30?/m0/s1. The van der Waals surface area contributed by atoms with Gasteiger partial charge in [0.05, 0.1) is 19.8 Å². The molecule has 0 amide bonds. The summed E-state index contributed by atoms with van der Waals surface area (Å²) in [5, 5.41) is 0. The first-order valence-electron chi connectivity index (χ1n) is 9.54. The number of rotatable bonds is 8. The Kier molecular flexibility index (Phi) is 7.25. The molecule has 0 aliphatic carbocycles. The third kappa shape index (κ3) is 5.69. The fraction of sp³-hybridized carbons (Fsp3) is 0.421. The highest BCUT2D eigenvalue weighted by Crippen LogP contribution is 2.51. The second-order valence-electron chi connectivity index (χ2n) is 6.69. The molecule has 0 bridgehead atoms. The summed E-state index contributed by atoms with van der Waals surface area (Å²) in [6, 6.07) is 7.86. The fourth-order valence-electron chi connectivity index (χ4n) is 2.69.